The first kappa shape index (κ1) is 13.5. The smallest absolute Gasteiger partial charge is 0.131 e. The molecule has 2 rings (SSSR count). The summed E-state index contributed by atoms with van der Waals surface area (Å²) in [6.45, 7) is 3.77. The van der Waals surface area contributed by atoms with Crippen molar-refractivity contribution < 1.29 is 0 Å². The predicted molar refractivity (Wildman–Crippen MR) is 78.2 cm³/mol. The van der Waals surface area contributed by atoms with E-state index in [2.05, 4.69) is 51.8 Å². The van der Waals surface area contributed by atoms with Gasteiger partial charge in [-0.15, -0.1) is 0 Å². The van der Waals surface area contributed by atoms with E-state index in [0.717, 1.165) is 31.2 Å². The third-order valence-corrected chi connectivity index (χ3v) is 2.86. The van der Waals surface area contributed by atoms with Gasteiger partial charge in [-0.1, -0.05) is 29.8 Å². The Balaban J connectivity index is 1.95. The van der Waals surface area contributed by atoms with Gasteiger partial charge in [-0.3, -0.25) is 0 Å². The molecule has 0 spiro atoms. The van der Waals surface area contributed by atoms with E-state index in [4.69, 9.17) is 0 Å². The van der Waals surface area contributed by atoms with Crippen molar-refractivity contribution in [1.82, 2.24) is 15.3 Å². The molecular formula is C15H20N4. The number of anilines is 1. The number of hydrogen-bond acceptors (Lipinski definition) is 4. The zero-order chi connectivity index (χ0) is 13.5. The molecule has 0 amide bonds. The molecule has 2 N–H and O–H groups in total. The Morgan fingerprint density at radius 1 is 1.21 bits per heavy atom. The first-order chi connectivity index (χ1) is 9.28. The van der Waals surface area contributed by atoms with Crippen molar-refractivity contribution in [2.45, 2.75) is 19.9 Å². The number of nitrogens with zero attached hydrogens (tertiary/aromatic N) is 2. The van der Waals surface area contributed by atoms with E-state index in [1.54, 1.807) is 6.20 Å². The van der Waals surface area contributed by atoms with Crippen molar-refractivity contribution in [3.63, 3.8) is 0 Å². The SMILES string of the molecule is CNCCc1nccc(NCc2cccc(C)c2)n1. The van der Waals surface area contributed by atoms with Gasteiger partial charge in [0, 0.05) is 25.7 Å². The van der Waals surface area contributed by atoms with Crippen LogP contribution in [-0.2, 0) is 13.0 Å². The maximum absolute atomic E-state index is 4.49. The predicted octanol–water partition coefficient (Wildman–Crippen LogP) is 2.16. The number of aromatic nitrogens is 2. The first-order valence-corrected chi connectivity index (χ1v) is 6.54. The van der Waals surface area contributed by atoms with Crippen LogP contribution in [-0.4, -0.2) is 23.6 Å². The minimum Gasteiger partial charge on any atom is -0.366 e. The van der Waals surface area contributed by atoms with Crippen LogP contribution in [0.25, 0.3) is 0 Å². The number of likely N-dealkylation sites (N-methyl/N-ethyl adjacent to an activating group) is 1. The van der Waals surface area contributed by atoms with Gasteiger partial charge in [0.1, 0.15) is 11.6 Å². The maximum atomic E-state index is 4.49. The van der Waals surface area contributed by atoms with E-state index < -0.39 is 0 Å². The van der Waals surface area contributed by atoms with Crippen molar-refractivity contribution in [3.05, 3.63) is 53.5 Å². The largest absolute Gasteiger partial charge is 0.366 e. The summed E-state index contributed by atoms with van der Waals surface area (Å²) in [6.07, 6.45) is 2.65. The van der Waals surface area contributed by atoms with Crippen LogP contribution in [0.2, 0.25) is 0 Å². The highest BCUT2D eigenvalue weighted by Gasteiger charge is 1.99. The van der Waals surface area contributed by atoms with Crippen LogP contribution in [0.5, 0.6) is 0 Å². The van der Waals surface area contributed by atoms with Gasteiger partial charge in [-0.25, -0.2) is 9.97 Å². The summed E-state index contributed by atoms with van der Waals surface area (Å²) in [5.74, 6) is 1.74. The molecular weight excluding hydrogens is 236 g/mol. The van der Waals surface area contributed by atoms with Crippen molar-refractivity contribution in [1.29, 1.82) is 0 Å². The summed E-state index contributed by atoms with van der Waals surface area (Å²) < 4.78 is 0. The Morgan fingerprint density at radius 3 is 2.89 bits per heavy atom. The Morgan fingerprint density at radius 2 is 2.11 bits per heavy atom. The molecule has 0 aliphatic rings. The lowest BCUT2D eigenvalue weighted by Crippen LogP contribution is -2.13. The number of rotatable bonds is 6. The highest BCUT2D eigenvalue weighted by Crippen LogP contribution is 2.08. The third-order valence-electron chi connectivity index (χ3n) is 2.86. The van der Waals surface area contributed by atoms with Crippen LogP contribution in [0, 0.1) is 6.92 Å². The van der Waals surface area contributed by atoms with Gasteiger partial charge in [0.15, 0.2) is 0 Å². The van der Waals surface area contributed by atoms with Gasteiger partial charge < -0.3 is 10.6 Å². The second-order valence-corrected chi connectivity index (χ2v) is 4.55. The van der Waals surface area contributed by atoms with Gasteiger partial charge in [-0.05, 0) is 25.6 Å². The van der Waals surface area contributed by atoms with E-state index >= 15 is 0 Å². The molecule has 0 aliphatic heterocycles. The van der Waals surface area contributed by atoms with Crippen molar-refractivity contribution in [2.75, 3.05) is 18.9 Å². The molecule has 0 radical (unpaired) electrons. The molecule has 0 saturated carbocycles. The molecule has 0 fully saturated rings. The lowest BCUT2D eigenvalue weighted by Gasteiger charge is -2.07. The molecule has 1 heterocycles. The lowest BCUT2D eigenvalue weighted by atomic mass is 10.1. The molecule has 1 aromatic carbocycles. The van der Waals surface area contributed by atoms with Crippen molar-refractivity contribution in [3.8, 4) is 0 Å². The first-order valence-electron chi connectivity index (χ1n) is 6.54. The molecule has 0 bridgehead atoms. The Bertz CT molecular complexity index is 525. The van der Waals surface area contributed by atoms with Gasteiger partial charge in [-0.2, -0.15) is 0 Å². The fourth-order valence-electron chi connectivity index (χ4n) is 1.87. The summed E-state index contributed by atoms with van der Waals surface area (Å²) in [6, 6.07) is 10.4. The number of benzene rings is 1. The van der Waals surface area contributed by atoms with Crippen LogP contribution in [0.3, 0.4) is 0 Å². The van der Waals surface area contributed by atoms with Crippen molar-refractivity contribution in [2.24, 2.45) is 0 Å². The highest BCUT2D eigenvalue weighted by atomic mass is 15.0. The number of hydrogen-bond donors (Lipinski definition) is 2. The normalized spacial score (nSPS) is 10.4. The average Bonchev–Trinajstić information content (AvgIpc) is 2.43. The molecule has 0 unspecified atom stereocenters. The summed E-state index contributed by atoms with van der Waals surface area (Å²) in [5.41, 5.74) is 2.53. The molecule has 0 saturated heterocycles. The molecule has 4 nitrogen and oxygen atoms in total. The zero-order valence-corrected chi connectivity index (χ0v) is 11.5. The molecule has 4 heteroatoms. The Kier molecular flexibility index (Phi) is 4.86. The van der Waals surface area contributed by atoms with E-state index in [1.807, 2.05) is 13.1 Å². The van der Waals surface area contributed by atoms with Gasteiger partial charge in [0.25, 0.3) is 0 Å². The lowest BCUT2D eigenvalue weighted by molar-refractivity contribution is 0.755. The number of nitrogens with one attached hydrogen (secondary N) is 2. The molecule has 2 aromatic rings. The van der Waals surface area contributed by atoms with Crippen LogP contribution in [0.4, 0.5) is 5.82 Å². The summed E-state index contributed by atoms with van der Waals surface area (Å²) >= 11 is 0. The maximum Gasteiger partial charge on any atom is 0.131 e. The molecule has 0 aliphatic carbocycles. The average molecular weight is 256 g/mol. The number of aryl methyl sites for hydroxylation is 1. The van der Waals surface area contributed by atoms with E-state index in [1.165, 1.54) is 11.1 Å². The topological polar surface area (TPSA) is 49.8 Å². The Hall–Kier alpha value is -1.94. The van der Waals surface area contributed by atoms with Crippen LogP contribution >= 0.6 is 0 Å². The summed E-state index contributed by atoms with van der Waals surface area (Å²) in [4.78, 5) is 8.74. The Labute approximate surface area is 114 Å². The van der Waals surface area contributed by atoms with E-state index in [0.29, 0.717) is 0 Å². The molecule has 19 heavy (non-hydrogen) atoms. The van der Waals surface area contributed by atoms with Gasteiger partial charge in [0.2, 0.25) is 0 Å². The molecule has 0 atom stereocenters. The van der Waals surface area contributed by atoms with Crippen molar-refractivity contribution >= 4 is 5.82 Å². The minimum atomic E-state index is 0.782. The fraction of sp³-hybridized carbons (Fsp3) is 0.333. The van der Waals surface area contributed by atoms with Crippen LogP contribution in [0.1, 0.15) is 17.0 Å². The van der Waals surface area contributed by atoms with E-state index in [-0.39, 0.29) is 0 Å². The van der Waals surface area contributed by atoms with Crippen LogP contribution in [0.15, 0.2) is 36.5 Å². The van der Waals surface area contributed by atoms with Gasteiger partial charge in [0.05, 0.1) is 0 Å². The summed E-state index contributed by atoms with van der Waals surface area (Å²) in [5, 5.41) is 6.43. The fourth-order valence-corrected chi connectivity index (χ4v) is 1.87. The quantitative estimate of drug-likeness (QED) is 0.831. The highest BCUT2D eigenvalue weighted by molar-refractivity contribution is 5.35. The molecule has 100 valence electrons. The zero-order valence-electron chi connectivity index (χ0n) is 11.5. The second kappa shape index (κ2) is 6.85. The minimum absolute atomic E-state index is 0.782. The molecule has 1 aromatic heterocycles. The monoisotopic (exact) mass is 256 g/mol. The van der Waals surface area contributed by atoms with Gasteiger partial charge >= 0.3 is 0 Å². The third kappa shape index (κ3) is 4.34. The second-order valence-electron chi connectivity index (χ2n) is 4.55. The van der Waals surface area contributed by atoms with E-state index in [9.17, 15) is 0 Å². The summed E-state index contributed by atoms with van der Waals surface area (Å²) in [7, 11) is 1.93. The van der Waals surface area contributed by atoms with Crippen LogP contribution < -0.4 is 10.6 Å². The standard InChI is InChI=1S/C15H20N4/c1-12-4-3-5-13(10-12)11-18-15-7-9-17-14(19-15)6-8-16-2/h3-5,7,9-10,16H,6,8,11H2,1-2H3,(H,17,18,19).